The van der Waals surface area contributed by atoms with E-state index in [2.05, 4.69) is 18.9 Å². The Morgan fingerprint density at radius 3 is 2.53 bits per heavy atom. The number of carboxylic acids is 1. The molecule has 2 rings (SSSR count). The number of aryl methyl sites for hydroxylation is 1. The number of carboxylic acid groups (broad SMARTS) is 1. The van der Waals surface area contributed by atoms with Crippen LogP contribution in [0.2, 0.25) is 0 Å². The number of hydrogen-bond acceptors (Lipinski definition) is 3. The van der Waals surface area contributed by atoms with Crippen LogP contribution in [0.1, 0.15) is 48.8 Å². The smallest absolute Gasteiger partial charge is 0.352 e. The van der Waals surface area contributed by atoms with Crippen LogP contribution in [0, 0.1) is 0 Å². The van der Waals surface area contributed by atoms with E-state index in [1.165, 1.54) is 9.08 Å². The van der Waals surface area contributed by atoms with Gasteiger partial charge in [-0.2, -0.15) is 9.61 Å². The van der Waals surface area contributed by atoms with Gasteiger partial charge in [-0.05, 0) is 12.8 Å². The summed E-state index contributed by atoms with van der Waals surface area (Å²) in [6, 6.07) is 2.89. The molecule has 0 unspecified atom stereocenters. The van der Waals surface area contributed by atoms with Gasteiger partial charge in [-0.3, -0.25) is 4.79 Å². The molecule has 0 radical (unpaired) electrons. The first kappa shape index (κ1) is 13.3. The molecule has 0 spiro atoms. The summed E-state index contributed by atoms with van der Waals surface area (Å²) < 4.78 is 2.74. The molecule has 2 aromatic rings. The fourth-order valence-corrected chi connectivity index (χ4v) is 2.30. The molecule has 0 amide bonds. The fourth-order valence-electron chi connectivity index (χ4n) is 2.30. The predicted octanol–water partition coefficient (Wildman–Crippen LogP) is 1.63. The quantitative estimate of drug-likeness (QED) is 0.909. The highest BCUT2D eigenvalue weighted by molar-refractivity contribution is 5.86. The van der Waals surface area contributed by atoms with Crippen LogP contribution in [0.15, 0.2) is 16.9 Å². The van der Waals surface area contributed by atoms with E-state index >= 15 is 0 Å². The van der Waals surface area contributed by atoms with Gasteiger partial charge in [-0.15, -0.1) is 0 Å². The molecule has 0 fully saturated rings. The Morgan fingerprint density at radius 2 is 2.00 bits per heavy atom. The summed E-state index contributed by atoms with van der Waals surface area (Å²) in [7, 11) is 1.62. The molecule has 6 heteroatoms. The Morgan fingerprint density at radius 1 is 1.37 bits per heavy atom. The van der Waals surface area contributed by atoms with Gasteiger partial charge >= 0.3 is 5.97 Å². The third-order valence-electron chi connectivity index (χ3n) is 3.51. The van der Waals surface area contributed by atoms with Gasteiger partial charge in [-0.1, -0.05) is 13.8 Å². The molecule has 102 valence electrons. The van der Waals surface area contributed by atoms with Gasteiger partial charge in [0.1, 0.15) is 11.3 Å². The Hall–Kier alpha value is -2.11. The lowest BCUT2D eigenvalue weighted by Crippen LogP contribution is -2.22. The average Bonchev–Trinajstić information content (AvgIpc) is 2.80. The van der Waals surface area contributed by atoms with Crippen molar-refractivity contribution in [2.75, 3.05) is 0 Å². The van der Waals surface area contributed by atoms with Gasteiger partial charge in [-0.25, -0.2) is 4.79 Å². The summed E-state index contributed by atoms with van der Waals surface area (Å²) in [5.41, 5.74) is 0.892. The number of hydrogen-bond donors (Lipinski definition) is 1. The van der Waals surface area contributed by atoms with E-state index in [-0.39, 0.29) is 11.6 Å². The van der Waals surface area contributed by atoms with Crippen LogP contribution in [-0.4, -0.2) is 25.3 Å². The summed E-state index contributed by atoms with van der Waals surface area (Å²) in [6.07, 6.45) is 1.87. The highest BCUT2D eigenvalue weighted by Crippen LogP contribution is 2.22. The van der Waals surface area contributed by atoms with Crippen molar-refractivity contribution in [2.24, 2.45) is 7.05 Å². The van der Waals surface area contributed by atoms with Crippen molar-refractivity contribution in [1.29, 1.82) is 0 Å². The molecule has 19 heavy (non-hydrogen) atoms. The fraction of sp³-hybridized carbons (Fsp3) is 0.462. The van der Waals surface area contributed by atoms with Crippen molar-refractivity contribution in [3.8, 4) is 0 Å². The molecule has 2 aromatic heterocycles. The van der Waals surface area contributed by atoms with E-state index in [4.69, 9.17) is 5.11 Å². The number of rotatable bonds is 4. The van der Waals surface area contributed by atoms with Crippen molar-refractivity contribution >= 4 is 11.6 Å². The standard InChI is InChI=1S/C13H17N3O3/c1-4-8(5-2)9-6-11-15(3)10(13(18)19)7-12(17)16(11)14-9/h6-8H,4-5H2,1-3H3,(H,18,19). The van der Waals surface area contributed by atoms with E-state index in [1.807, 2.05) is 0 Å². The average molecular weight is 263 g/mol. The highest BCUT2D eigenvalue weighted by Gasteiger charge is 2.17. The van der Waals surface area contributed by atoms with Crippen LogP contribution >= 0.6 is 0 Å². The first-order valence-corrected chi connectivity index (χ1v) is 6.32. The zero-order valence-corrected chi connectivity index (χ0v) is 11.3. The van der Waals surface area contributed by atoms with Crippen LogP contribution in [0.5, 0.6) is 0 Å². The number of aromatic nitrogens is 3. The van der Waals surface area contributed by atoms with Crippen molar-refractivity contribution in [3.05, 3.63) is 33.9 Å². The minimum atomic E-state index is -1.12. The monoisotopic (exact) mass is 263 g/mol. The molecule has 0 atom stereocenters. The molecule has 6 nitrogen and oxygen atoms in total. The lowest BCUT2D eigenvalue weighted by molar-refractivity contribution is 0.0685. The highest BCUT2D eigenvalue weighted by atomic mass is 16.4. The maximum atomic E-state index is 11.9. The van der Waals surface area contributed by atoms with Crippen molar-refractivity contribution in [2.45, 2.75) is 32.6 Å². The van der Waals surface area contributed by atoms with Gasteiger partial charge in [0.15, 0.2) is 0 Å². The Balaban J connectivity index is 2.72. The van der Waals surface area contributed by atoms with Crippen LogP contribution in [0.3, 0.4) is 0 Å². The maximum absolute atomic E-state index is 11.9. The lowest BCUT2D eigenvalue weighted by Gasteiger charge is -2.06. The first-order valence-electron chi connectivity index (χ1n) is 6.32. The second kappa shape index (κ2) is 4.87. The predicted molar refractivity (Wildman–Crippen MR) is 70.7 cm³/mol. The van der Waals surface area contributed by atoms with Crippen LogP contribution in [-0.2, 0) is 7.05 Å². The Labute approximate surface area is 110 Å². The number of nitrogens with zero attached hydrogens (tertiary/aromatic N) is 3. The van der Waals surface area contributed by atoms with Gasteiger partial charge in [0.2, 0.25) is 0 Å². The third kappa shape index (κ3) is 2.14. The number of aromatic carboxylic acids is 1. The van der Waals surface area contributed by atoms with E-state index in [0.717, 1.165) is 24.6 Å². The lowest BCUT2D eigenvalue weighted by atomic mass is 10.00. The SMILES string of the molecule is CCC(CC)c1cc2n(C)c(C(=O)O)cc(=O)n2n1. The second-order valence-electron chi connectivity index (χ2n) is 4.58. The van der Waals surface area contributed by atoms with Crippen LogP contribution in [0.4, 0.5) is 0 Å². The van der Waals surface area contributed by atoms with Crippen molar-refractivity contribution < 1.29 is 9.90 Å². The van der Waals surface area contributed by atoms with E-state index in [1.54, 1.807) is 13.1 Å². The molecule has 0 aliphatic rings. The second-order valence-corrected chi connectivity index (χ2v) is 4.58. The third-order valence-corrected chi connectivity index (χ3v) is 3.51. The zero-order valence-electron chi connectivity index (χ0n) is 11.3. The molecule has 0 saturated carbocycles. The van der Waals surface area contributed by atoms with E-state index < -0.39 is 11.5 Å². The Bertz CT molecular complexity index is 680. The Kier molecular flexibility index (Phi) is 3.42. The minimum Gasteiger partial charge on any atom is -0.477 e. The summed E-state index contributed by atoms with van der Waals surface area (Å²) >= 11 is 0. The molecule has 2 heterocycles. The van der Waals surface area contributed by atoms with Crippen molar-refractivity contribution in [1.82, 2.24) is 14.2 Å². The van der Waals surface area contributed by atoms with Gasteiger partial charge in [0, 0.05) is 25.1 Å². The molecule has 0 aliphatic heterocycles. The van der Waals surface area contributed by atoms with Crippen LogP contribution in [0.25, 0.3) is 5.65 Å². The molecule has 0 bridgehead atoms. The van der Waals surface area contributed by atoms with E-state index in [9.17, 15) is 9.59 Å². The largest absolute Gasteiger partial charge is 0.477 e. The molecule has 1 N–H and O–H groups in total. The maximum Gasteiger partial charge on any atom is 0.352 e. The zero-order chi connectivity index (χ0) is 14.2. The van der Waals surface area contributed by atoms with Gasteiger partial charge in [0.05, 0.1) is 5.69 Å². The number of carbonyl (C=O) groups is 1. The van der Waals surface area contributed by atoms with Crippen LogP contribution < -0.4 is 5.56 Å². The van der Waals surface area contributed by atoms with Gasteiger partial charge in [0.25, 0.3) is 5.56 Å². The normalized spacial score (nSPS) is 11.4. The van der Waals surface area contributed by atoms with Crippen molar-refractivity contribution in [3.63, 3.8) is 0 Å². The molecule has 0 saturated heterocycles. The first-order chi connectivity index (χ1) is 8.99. The summed E-state index contributed by atoms with van der Waals surface area (Å²) in [4.78, 5) is 23.0. The van der Waals surface area contributed by atoms with Gasteiger partial charge < -0.3 is 9.67 Å². The minimum absolute atomic E-state index is 0.0338. The molecule has 0 aliphatic carbocycles. The van der Waals surface area contributed by atoms with E-state index in [0.29, 0.717) is 5.65 Å². The molecular formula is C13H17N3O3. The summed E-state index contributed by atoms with van der Waals surface area (Å²) in [6.45, 7) is 4.14. The molecular weight excluding hydrogens is 246 g/mol. The topological polar surface area (TPSA) is 76.6 Å². The summed E-state index contributed by atoms with van der Waals surface area (Å²) in [5, 5.41) is 13.4. The number of fused-ring (bicyclic) bond motifs is 1. The molecule has 0 aromatic carbocycles. The summed E-state index contributed by atoms with van der Waals surface area (Å²) in [5.74, 6) is -0.833.